The summed E-state index contributed by atoms with van der Waals surface area (Å²) in [5, 5.41) is 18.8. The van der Waals surface area contributed by atoms with E-state index >= 15 is 0 Å². The maximum absolute atomic E-state index is 10.7. The fraction of sp³-hybridized carbons (Fsp3) is 0.842. The number of hydrogen-bond donors (Lipinski definition) is 2. The SMILES string of the molecule is CCCCC[C@H](O)[C@@H]1O[C@H]1/C=C\CCCCCCC(C)C(=O)O. The summed E-state index contributed by atoms with van der Waals surface area (Å²) < 4.78 is 5.51. The van der Waals surface area contributed by atoms with Crippen LogP contribution in [0.25, 0.3) is 0 Å². The predicted molar refractivity (Wildman–Crippen MR) is 92.5 cm³/mol. The van der Waals surface area contributed by atoms with E-state index < -0.39 is 5.97 Å². The minimum Gasteiger partial charge on any atom is -0.481 e. The first-order chi connectivity index (χ1) is 11.1. The number of rotatable bonds is 14. The molecule has 0 aromatic rings. The second kappa shape index (κ2) is 11.6. The van der Waals surface area contributed by atoms with Gasteiger partial charge < -0.3 is 14.9 Å². The van der Waals surface area contributed by atoms with Gasteiger partial charge in [-0.2, -0.15) is 0 Å². The normalized spacial score (nSPS) is 23.1. The Morgan fingerprint density at radius 1 is 1.13 bits per heavy atom. The zero-order valence-corrected chi connectivity index (χ0v) is 14.7. The monoisotopic (exact) mass is 326 g/mol. The summed E-state index contributed by atoms with van der Waals surface area (Å²) in [7, 11) is 0. The lowest BCUT2D eigenvalue weighted by molar-refractivity contribution is -0.141. The van der Waals surface area contributed by atoms with Gasteiger partial charge in [0.2, 0.25) is 0 Å². The van der Waals surface area contributed by atoms with Crippen LogP contribution >= 0.6 is 0 Å². The van der Waals surface area contributed by atoms with Crippen LogP contribution in [-0.4, -0.2) is 34.5 Å². The van der Waals surface area contributed by atoms with Crippen LogP contribution in [0.1, 0.15) is 78.1 Å². The van der Waals surface area contributed by atoms with Gasteiger partial charge in [-0.1, -0.05) is 64.5 Å². The van der Waals surface area contributed by atoms with Crippen LogP contribution in [0.4, 0.5) is 0 Å². The van der Waals surface area contributed by atoms with E-state index in [0.29, 0.717) is 0 Å². The molecule has 1 aliphatic rings. The molecule has 0 aromatic heterocycles. The average Bonchev–Trinajstić information content (AvgIpc) is 3.29. The quantitative estimate of drug-likeness (QED) is 0.283. The Morgan fingerprint density at radius 2 is 1.83 bits per heavy atom. The number of ether oxygens (including phenoxy) is 1. The number of hydrogen-bond acceptors (Lipinski definition) is 3. The number of carboxylic acid groups (broad SMARTS) is 1. The van der Waals surface area contributed by atoms with E-state index in [2.05, 4.69) is 19.1 Å². The molecular formula is C19H34O4. The van der Waals surface area contributed by atoms with Crippen molar-refractivity contribution in [1.82, 2.24) is 0 Å². The zero-order valence-electron chi connectivity index (χ0n) is 14.7. The number of carboxylic acids is 1. The van der Waals surface area contributed by atoms with Gasteiger partial charge in [0, 0.05) is 0 Å². The summed E-state index contributed by atoms with van der Waals surface area (Å²) in [6, 6.07) is 0. The Morgan fingerprint density at radius 3 is 2.52 bits per heavy atom. The number of aliphatic hydroxyl groups is 1. The zero-order chi connectivity index (χ0) is 17.1. The Hall–Kier alpha value is -0.870. The molecule has 0 spiro atoms. The lowest BCUT2D eigenvalue weighted by Gasteiger charge is -2.05. The van der Waals surface area contributed by atoms with E-state index in [1.807, 2.05) is 0 Å². The van der Waals surface area contributed by atoms with Crippen LogP contribution < -0.4 is 0 Å². The number of aliphatic hydroxyl groups excluding tert-OH is 1. The molecule has 0 aromatic carbocycles. The molecule has 0 radical (unpaired) electrons. The lowest BCUT2D eigenvalue weighted by Crippen LogP contribution is -2.16. The highest BCUT2D eigenvalue weighted by molar-refractivity contribution is 5.69. The first-order valence-electron chi connectivity index (χ1n) is 9.29. The van der Waals surface area contributed by atoms with E-state index in [1.54, 1.807) is 6.92 Å². The van der Waals surface area contributed by atoms with Crippen molar-refractivity contribution in [3.05, 3.63) is 12.2 Å². The topological polar surface area (TPSA) is 70.1 Å². The van der Waals surface area contributed by atoms with Gasteiger partial charge in [0.15, 0.2) is 0 Å². The van der Waals surface area contributed by atoms with Gasteiger partial charge >= 0.3 is 5.97 Å². The molecular weight excluding hydrogens is 292 g/mol. The molecule has 1 saturated heterocycles. The smallest absolute Gasteiger partial charge is 0.306 e. The molecule has 134 valence electrons. The Balaban J connectivity index is 1.94. The van der Waals surface area contributed by atoms with Gasteiger partial charge in [-0.15, -0.1) is 0 Å². The highest BCUT2D eigenvalue weighted by Crippen LogP contribution is 2.29. The highest BCUT2D eigenvalue weighted by atomic mass is 16.6. The first kappa shape index (κ1) is 20.2. The van der Waals surface area contributed by atoms with Crippen LogP contribution in [-0.2, 0) is 9.53 Å². The van der Waals surface area contributed by atoms with Gasteiger partial charge in [0.1, 0.15) is 12.2 Å². The summed E-state index contributed by atoms with van der Waals surface area (Å²) in [6.45, 7) is 3.94. The van der Waals surface area contributed by atoms with Crippen molar-refractivity contribution >= 4 is 5.97 Å². The summed E-state index contributed by atoms with van der Waals surface area (Å²) in [4.78, 5) is 10.7. The Bertz CT molecular complexity index is 353. The third kappa shape index (κ3) is 9.11. The number of carbonyl (C=O) groups is 1. The maximum atomic E-state index is 10.7. The molecule has 1 heterocycles. The molecule has 0 bridgehead atoms. The minimum atomic E-state index is -0.691. The van der Waals surface area contributed by atoms with Crippen molar-refractivity contribution in [3.63, 3.8) is 0 Å². The number of allylic oxidation sites excluding steroid dienone is 1. The van der Waals surface area contributed by atoms with Crippen molar-refractivity contribution < 1.29 is 19.7 Å². The van der Waals surface area contributed by atoms with E-state index in [-0.39, 0.29) is 24.2 Å². The van der Waals surface area contributed by atoms with Crippen molar-refractivity contribution in [2.75, 3.05) is 0 Å². The van der Waals surface area contributed by atoms with Crippen molar-refractivity contribution in [1.29, 1.82) is 0 Å². The fourth-order valence-electron chi connectivity index (χ4n) is 2.79. The van der Waals surface area contributed by atoms with Crippen LogP contribution in [0.15, 0.2) is 12.2 Å². The van der Waals surface area contributed by atoms with Gasteiger partial charge in [0.25, 0.3) is 0 Å². The molecule has 23 heavy (non-hydrogen) atoms. The average molecular weight is 326 g/mol. The molecule has 2 N–H and O–H groups in total. The molecule has 4 atom stereocenters. The third-order valence-electron chi connectivity index (χ3n) is 4.55. The Kier molecular flexibility index (Phi) is 10.2. The summed E-state index contributed by atoms with van der Waals surface area (Å²) in [6.07, 6.45) is 14.5. The van der Waals surface area contributed by atoms with E-state index in [4.69, 9.17) is 9.84 Å². The maximum Gasteiger partial charge on any atom is 0.306 e. The summed E-state index contributed by atoms with van der Waals surface area (Å²) in [5.74, 6) is -0.911. The second-order valence-corrected chi connectivity index (χ2v) is 6.79. The summed E-state index contributed by atoms with van der Waals surface area (Å²) >= 11 is 0. The first-order valence-corrected chi connectivity index (χ1v) is 9.29. The number of unbranched alkanes of at least 4 members (excludes halogenated alkanes) is 6. The van der Waals surface area contributed by atoms with Gasteiger partial charge in [-0.3, -0.25) is 4.79 Å². The summed E-state index contributed by atoms with van der Waals surface area (Å²) in [5.41, 5.74) is 0. The molecule has 0 aliphatic carbocycles. The lowest BCUT2D eigenvalue weighted by atomic mass is 10.0. The van der Waals surface area contributed by atoms with E-state index in [0.717, 1.165) is 51.4 Å². The van der Waals surface area contributed by atoms with Crippen molar-refractivity contribution in [2.24, 2.45) is 5.92 Å². The molecule has 0 saturated carbocycles. The van der Waals surface area contributed by atoms with E-state index in [9.17, 15) is 9.90 Å². The largest absolute Gasteiger partial charge is 0.481 e. The van der Waals surface area contributed by atoms with Crippen LogP contribution in [0.2, 0.25) is 0 Å². The molecule has 1 fully saturated rings. The second-order valence-electron chi connectivity index (χ2n) is 6.79. The number of epoxide rings is 1. The van der Waals surface area contributed by atoms with Gasteiger partial charge in [-0.25, -0.2) is 0 Å². The fourth-order valence-corrected chi connectivity index (χ4v) is 2.79. The highest BCUT2D eigenvalue weighted by Gasteiger charge is 2.41. The molecule has 1 aliphatic heterocycles. The van der Waals surface area contributed by atoms with Crippen molar-refractivity contribution in [2.45, 2.75) is 96.4 Å². The van der Waals surface area contributed by atoms with Crippen LogP contribution in [0, 0.1) is 5.92 Å². The molecule has 4 heteroatoms. The van der Waals surface area contributed by atoms with E-state index in [1.165, 1.54) is 12.8 Å². The minimum absolute atomic E-state index is 0.0145. The predicted octanol–water partition coefficient (Wildman–Crippen LogP) is 4.31. The third-order valence-corrected chi connectivity index (χ3v) is 4.55. The van der Waals surface area contributed by atoms with Gasteiger partial charge in [0.05, 0.1) is 12.0 Å². The molecule has 4 nitrogen and oxygen atoms in total. The molecule has 1 unspecified atom stereocenters. The standard InChI is InChI=1S/C19H34O4/c1-3-4-9-13-16(20)18-17(23-18)14-11-8-6-5-7-10-12-15(2)19(21)22/h11,14-18,20H,3-10,12-13H2,1-2H3,(H,21,22)/b14-11-/t15?,16-,17-,18-/m0/s1. The molecule has 0 amide bonds. The molecule has 1 rings (SSSR count). The van der Waals surface area contributed by atoms with Gasteiger partial charge in [-0.05, 0) is 25.7 Å². The van der Waals surface area contributed by atoms with Crippen LogP contribution in [0.5, 0.6) is 0 Å². The van der Waals surface area contributed by atoms with Crippen LogP contribution in [0.3, 0.4) is 0 Å². The Labute approximate surface area is 140 Å². The van der Waals surface area contributed by atoms with Crippen molar-refractivity contribution in [3.8, 4) is 0 Å². The number of aliphatic carboxylic acids is 1.